The Morgan fingerprint density at radius 1 is 1.19 bits per heavy atom. The third kappa shape index (κ3) is 4.13. The monoisotopic (exact) mass is 367 g/mol. The van der Waals surface area contributed by atoms with E-state index < -0.39 is 4.92 Å². The molecule has 2 amide bonds. The summed E-state index contributed by atoms with van der Waals surface area (Å²) in [5, 5.41) is 13.4. The number of hydrogen-bond donors (Lipinski definition) is 1. The molecule has 1 aliphatic heterocycles. The molecule has 0 aliphatic carbocycles. The first-order chi connectivity index (χ1) is 13.0. The summed E-state index contributed by atoms with van der Waals surface area (Å²) in [6.45, 7) is 2.90. The first-order valence-corrected chi connectivity index (χ1v) is 8.89. The summed E-state index contributed by atoms with van der Waals surface area (Å²) in [6.07, 6.45) is 2.10. The molecule has 0 fully saturated rings. The quantitative estimate of drug-likeness (QED) is 0.649. The van der Waals surface area contributed by atoms with Gasteiger partial charge >= 0.3 is 0 Å². The molecule has 0 aromatic heterocycles. The molecular weight excluding hydrogens is 346 g/mol. The van der Waals surface area contributed by atoms with E-state index in [9.17, 15) is 19.7 Å². The maximum Gasteiger partial charge on any atom is 0.269 e. The molecule has 7 nitrogen and oxygen atoms in total. The SMILES string of the molecule is Cc1cccc2c1N(C(=O)CCNC(=O)c1ccc([N+](=O)[O-])cc1)CCC2. The molecule has 140 valence electrons. The molecule has 1 N–H and O–H groups in total. The van der Waals surface area contributed by atoms with E-state index in [1.165, 1.54) is 29.8 Å². The second kappa shape index (κ2) is 7.99. The fraction of sp³-hybridized carbons (Fsp3) is 0.300. The molecule has 7 heteroatoms. The molecule has 27 heavy (non-hydrogen) atoms. The summed E-state index contributed by atoms with van der Waals surface area (Å²) >= 11 is 0. The zero-order valence-electron chi connectivity index (χ0n) is 15.1. The molecule has 2 aromatic carbocycles. The topological polar surface area (TPSA) is 92.6 Å². The minimum absolute atomic E-state index is 0.0192. The number of anilines is 1. The smallest absolute Gasteiger partial charge is 0.269 e. The van der Waals surface area contributed by atoms with E-state index in [1.54, 1.807) is 0 Å². The zero-order valence-corrected chi connectivity index (χ0v) is 15.1. The van der Waals surface area contributed by atoms with Crippen molar-refractivity contribution in [2.45, 2.75) is 26.2 Å². The Morgan fingerprint density at radius 2 is 1.93 bits per heavy atom. The van der Waals surface area contributed by atoms with Crippen LogP contribution in [0.25, 0.3) is 0 Å². The third-order valence-corrected chi connectivity index (χ3v) is 4.68. The van der Waals surface area contributed by atoms with Crippen LogP contribution in [0.1, 0.15) is 34.3 Å². The van der Waals surface area contributed by atoms with Crippen molar-refractivity contribution in [2.75, 3.05) is 18.0 Å². The van der Waals surface area contributed by atoms with Crippen LogP contribution in [-0.4, -0.2) is 29.8 Å². The van der Waals surface area contributed by atoms with Gasteiger partial charge in [-0.15, -0.1) is 0 Å². The Labute approximate surface area is 157 Å². The van der Waals surface area contributed by atoms with Gasteiger partial charge in [-0.05, 0) is 43.0 Å². The van der Waals surface area contributed by atoms with Gasteiger partial charge in [-0.3, -0.25) is 19.7 Å². The predicted octanol–water partition coefficient (Wildman–Crippen LogP) is 3.00. The first kappa shape index (κ1) is 18.6. The highest BCUT2D eigenvalue weighted by Crippen LogP contribution is 2.30. The van der Waals surface area contributed by atoms with Crippen LogP contribution in [0.15, 0.2) is 42.5 Å². The molecule has 1 heterocycles. The van der Waals surface area contributed by atoms with Gasteiger partial charge in [-0.25, -0.2) is 0 Å². The van der Waals surface area contributed by atoms with Gasteiger partial charge in [-0.2, -0.15) is 0 Å². The predicted molar refractivity (Wildman–Crippen MR) is 102 cm³/mol. The number of rotatable bonds is 5. The Hall–Kier alpha value is -3.22. The second-order valence-electron chi connectivity index (χ2n) is 6.54. The summed E-state index contributed by atoms with van der Waals surface area (Å²) in [5.74, 6) is -0.373. The van der Waals surface area contributed by atoms with E-state index in [0.29, 0.717) is 12.1 Å². The van der Waals surface area contributed by atoms with E-state index in [0.717, 1.165) is 24.1 Å². The number of amides is 2. The van der Waals surface area contributed by atoms with Crippen molar-refractivity contribution in [3.05, 3.63) is 69.3 Å². The lowest BCUT2D eigenvalue weighted by molar-refractivity contribution is -0.384. The summed E-state index contributed by atoms with van der Waals surface area (Å²) in [5.41, 5.74) is 3.52. The molecule has 0 spiro atoms. The number of fused-ring (bicyclic) bond motifs is 1. The summed E-state index contributed by atoms with van der Waals surface area (Å²) in [6, 6.07) is 11.4. The van der Waals surface area contributed by atoms with Crippen molar-refractivity contribution in [3.63, 3.8) is 0 Å². The Morgan fingerprint density at radius 3 is 2.63 bits per heavy atom. The highest BCUT2D eigenvalue weighted by molar-refractivity contribution is 5.97. The van der Waals surface area contributed by atoms with Crippen LogP contribution in [-0.2, 0) is 11.2 Å². The largest absolute Gasteiger partial charge is 0.352 e. The average molecular weight is 367 g/mol. The standard InChI is InChI=1S/C20H21N3O4/c1-14-4-2-5-15-6-3-13-22(19(14)15)18(24)11-12-21-20(25)16-7-9-17(10-8-16)23(26)27/h2,4-5,7-10H,3,6,11-13H2,1H3,(H,21,25). The number of nitro groups is 1. The van der Waals surface area contributed by atoms with Crippen LogP contribution < -0.4 is 10.2 Å². The van der Waals surface area contributed by atoms with Gasteiger partial charge in [0.15, 0.2) is 0 Å². The van der Waals surface area contributed by atoms with Crippen molar-refractivity contribution in [2.24, 2.45) is 0 Å². The zero-order chi connectivity index (χ0) is 19.4. The molecule has 1 aliphatic rings. The summed E-state index contributed by atoms with van der Waals surface area (Å²) in [4.78, 5) is 36.7. The van der Waals surface area contributed by atoms with Gasteiger partial charge in [0.25, 0.3) is 11.6 Å². The fourth-order valence-electron chi connectivity index (χ4n) is 3.35. The lowest BCUT2D eigenvalue weighted by atomic mass is 9.98. The molecule has 0 bridgehead atoms. The van der Waals surface area contributed by atoms with Crippen LogP contribution in [0, 0.1) is 17.0 Å². The van der Waals surface area contributed by atoms with Crippen molar-refractivity contribution < 1.29 is 14.5 Å². The van der Waals surface area contributed by atoms with Gasteiger partial charge in [0, 0.05) is 42.9 Å². The van der Waals surface area contributed by atoms with E-state index in [4.69, 9.17) is 0 Å². The molecule has 0 saturated heterocycles. The van der Waals surface area contributed by atoms with Crippen molar-refractivity contribution in [3.8, 4) is 0 Å². The second-order valence-corrected chi connectivity index (χ2v) is 6.54. The van der Waals surface area contributed by atoms with E-state index in [2.05, 4.69) is 11.4 Å². The minimum atomic E-state index is -0.515. The molecule has 0 unspecified atom stereocenters. The summed E-state index contributed by atoms with van der Waals surface area (Å²) < 4.78 is 0. The maximum absolute atomic E-state index is 12.7. The number of carbonyl (C=O) groups excluding carboxylic acids is 2. The van der Waals surface area contributed by atoms with Gasteiger partial charge < -0.3 is 10.2 Å². The molecule has 3 rings (SSSR count). The lowest BCUT2D eigenvalue weighted by Crippen LogP contribution is -2.38. The van der Waals surface area contributed by atoms with Crippen molar-refractivity contribution in [1.29, 1.82) is 0 Å². The number of nitro benzene ring substituents is 1. The van der Waals surface area contributed by atoms with Crippen LogP contribution in [0.4, 0.5) is 11.4 Å². The number of aryl methyl sites for hydroxylation is 2. The van der Waals surface area contributed by atoms with Gasteiger partial charge in [0.05, 0.1) is 4.92 Å². The Balaban J connectivity index is 1.57. The lowest BCUT2D eigenvalue weighted by Gasteiger charge is -2.31. The molecule has 0 atom stereocenters. The van der Waals surface area contributed by atoms with Crippen molar-refractivity contribution >= 4 is 23.2 Å². The van der Waals surface area contributed by atoms with Crippen LogP contribution in [0.5, 0.6) is 0 Å². The fourth-order valence-corrected chi connectivity index (χ4v) is 3.35. The Bertz CT molecular complexity index is 877. The highest BCUT2D eigenvalue weighted by atomic mass is 16.6. The van der Waals surface area contributed by atoms with E-state index in [1.807, 2.05) is 24.0 Å². The molecule has 2 aromatic rings. The van der Waals surface area contributed by atoms with Crippen LogP contribution in [0.3, 0.4) is 0 Å². The van der Waals surface area contributed by atoms with Gasteiger partial charge in [0.1, 0.15) is 0 Å². The molecule has 0 saturated carbocycles. The number of nitrogens with one attached hydrogen (secondary N) is 1. The van der Waals surface area contributed by atoms with Gasteiger partial charge in [0.2, 0.25) is 5.91 Å². The van der Waals surface area contributed by atoms with Crippen LogP contribution >= 0.6 is 0 Å². The number of para-hydroxylation sites is 1. The minimum Gasteiger partial charge on any atom is -0.352 e. The number of nitrogens with zero attached hydrogens (tertiary/aromatic N) is 2. The van der Waals surface area contributed by atoms with Crippen LogP contribution in [0.2, 0.25) is 0 Å². The third-order valence-electron chi connectivity index (χ3n) is 4.68. The average Bonchev–Trinajstić information content (AvgIpc) is 2.67. The highest BCUT2D eigenvalue weighted by Gasteiger charge is 2.23. The molecular formula is C20H21N3O4. The van der Waals surface area contributed by atoms with E-state index >= 15 is 0 Å². The van der Waals surface area contributed by atoms with Crippen molar-refractivity contribution in [1.82, 2.24) is 5.32 Å². The first-order valence-electron chi connectivity index (χ1n) is 8.89. The number of non-ortho nitro benzene ring substituents is 1. The van der Waals surface area contributed by atoms with E-state index in [-0.39, 0.29) is 30.5 Å². The molecule has 0 radical (unpaired) electrons. The summed E-state index contributed by atoms with van der Waals surface area (Å²) in [7, 11) is 0. The normalized spacial score (nSPS) is 13.0. The maximum atomic E-state index is 12.7. The van der Waals surface area contributed by atoms with Gasteiger partial charge in [-0.1, -0.05) is 18.2 Å². The Kier molecular flexibility index (Phi) is 5.49. The number of hydrogen-bond acceptors (Lipinski definition) is 4. The number of benzene rings is 2. The number of carbonyl (C=O) groups is 2.